The van der Waals surface area contributed by atoms with Gasteiger partial charge in [-0.1, -0.05) is 0 Å². The fourth-order valence-corrected chi connectivity index (χ4v) is 2.84. The molecule has 1 saturated carbocycles. The number of carbonyl (C=O) groups excluding carboxylic acids is 1. The summed E-state index contributed by atoms with van der Waals surface area (Å²) in [6, 6.07) is 1.82. The van der Waals surface area contributed by atoms with E-state index in [9.17, 15) is 4.79 Å². The molecule has 0 aromatic carbocycles. The average Bonchev–Trinajstić information content (AvgIpc) is 2.94. The van der Waals surface area contributed by atoms with Gasteiger partial charge in [0.15, 0.2) is 0 Å². The van der Waals surface area contributed by atoms with Crippen molar-refractivity contribution in [3.63, 3.8) is 0 Å². The van der Waals surface area contributed by atoms with Gasteiger partial charge in [-0.2, -0.15) is 0 Å². The van der Waals surface area contributed by atoms with E-state index < -0.39 is 0 Å². The van der Waals surface area contributed by atoms with Gasteiger partial charge < -0.3 is 10.6 Å². The van der Waals surface area contributed by atoms with Gasteiger partial charge in [-0.3, -0.25) is 4.79 Å². The Hall–Kier alpha value is -0.570. The Labute approximate surface area is 84.6 Å². The second kappa shape index (κ2) is 3.23. The molecule has 2 heterocycles. The molecule has 0 aromatic rings. The maximum Gasteiger partial charge on any atom is 0.223 e. The van der Waals surface area contributed by atoms with Crippen LogP contribution in [0.1, 0.15) is 38.5 Å². The van der Waals surface area contributed by atoms with Crippen LogP contribution in [0.2, 0.25) is 0 Å². The summed E-state index contributed by atoms with van der Waals surface area (Å²) >= 11 is 0. The Morgan fingerprint density at radius 2 is 1.71 bits per heavy atom. The third-order valence-electron chi connectivity index (χ3n) is 3.77. The van der Waals surface area contributed by atoms with Gasteiger partial charge in [0.2, 0.25) is 5.91 Å². The van der Waals surface area contributed by atoms with Crippen LogP contribution < -0.4 is 10.6 Å². The minimum absolute atomic E-state index is 0.316. The number of fused-ring (bicyclic) bond motifs is 2. The third kappa shape index (κ3) is 1.65. The molecule has 3 aliphatic rings. The van der Waals surface area contributed by atoms with Crippen LogP contribution in [0.4, 0.5) is 0 Å². The van der Waals surface area contributed by atoms with Crippen molar-refractivity contribution in [1.29, 1.82) is 0 Å². The Bertz CT molecular complexity index is 238. The van der Waals surface area contributed by atoms with E-state index >= 15 is 0 Å². The molecule has 0 aromatic heterocycles. The molecule has 14 heavy (non-hydrogen) atoms. The molecule has 2 N–H and O–H groups in total. The minimum Gasteiger partial charge on any atom is -0.353 e. The van der Waals surface area contributed by atoms with E-state index in [1.165, 1.54) is 12.8 Å². The van der Waals surface area contributed by atoms with E-state index in [4.69, 9.17) is 0 Å². The summed E-state index contributed by atoms with van der Waals surface area (Å²) < 4.78 is 0. The molecule has 0 spiro atoms. The molecule has 2 bridgehead atoms. The van der Waals surface area contributed by atoms with Gasteiger partial charge in [0, 0.05) is 24.0 Å². The largest absolute Gasteiger partial charge is 0.353 e. The second-order valence-electron chi connectivity index (χ2n) is 5.09. The maximum atomic E-state index is 11.6. The lowest BCUT2D eigenvalue weighted by Crippen LogP contribution is -2.48. The van der Waals surface area contributed by atoms with Crippen molar-refractivity contribution in [2.24, 2.45) is 5.92 Å². The molecule has 2 aliphatic heterocycles. The van der Waals surface area contributed by atoms with Gasteiger partial charge in [0.25, 0.3) is 0 Å². The van der Waals surface area contributed by atoms with E-state index in [-0.39, 0.29) is 0 Å². The highest BCUT2D eigenvalue weighted by Gasteiger charge is 2.36. The summed E-state index contributed by atoms with van der Waals surface area (Å²) in [6.07, 6.45) is 7.14. The summed E-state index contributed by atoms with van der Waals surface area (Å²) in [4.78, 5) is 11.6. The normalized spacial score (nSPS) is 41.0. The van der Waals surface area contributed by atoms with E-state index in [1.807, 2.05) is 0 Å². The van der Waals surface area contributed by atoms with Crippen LogP contribution in [0.3, 0.4) is 0 Å². The first kappa shape index (κ1) is 8.72. The summed E-state index contributed by atoms with van der Waals surface area (Å²) in [6.45, 7) is 0. The van der Waals surface area contributed by atoms with Gasteiger partial charge in [-0.15, -0.1) is 0 Å². The van der Waals surface area contributed by atoms with E-state index in [2.05, 4.69) is 10.6 Å². The first-order chi connectivity index (χ1) is 6.81. The van der Waals surface area contributed by atoms with Gasteiger partial charge in [0.1, 0.15) is 0 Å². The van der Waals surface area contributed by atoms with E-state index in [0.29, 0.717) is 30.0 Å². The number of hydrogen-bond acceptors (Lipinski definition) is 2. The fourth-order valence-electron chi connectivity index (χ4n) is 2.84. The van der Waals surface area contributed by atoms with E-state index in [1.54, 1.807) is 0 Å². The van der Waals surface area contributed by atoms with E-state index in [0.717, 1.165) is 25.7 Å². The molecule has 3 rings (SSSR count). The van der Waals surface area contributed by atoms with Gasteiger partial charge in [-0.05, 0) is 38.5 Å². The predicted octanol–water partition coefficient (Wildman–Crippen LogP) is 0.796. The van der Waals surface area contributed by atoms with Crippen molar-refractivity contribution in [3.8, 4) is 0 Å². The highest BCUT2D eigenvalue weighted by atomic mass is 16.2. The van der Waals surface area contributed by atoms with Gasteiger partial charge in [0.05, 0.1) is 0 Å². The lowest BCUT2D eigenvalue weighted by molar-refractivity contribution is -0.123. The molecule has 3 nitrogen and oxygen atoms in total. The summed E-state index contributed by atoms with van der Waals surface area (Å²) in [5.74, 6) is 0.679. The fraction of sp³-hybridized carbons (Fsp3) is 0.909. The first-order valence-electron chi connectivity index (χ1n) is 5.87. The first-order valence-corrected chi connectivity index (χ1v) is 5.87. The zero-order valence-electron chi connectivity index (χ0n) is 8.46. The quantitative estimate of drug-likeness (QED) is 0.682. The molecule has 78 valence electrons. The molecule has 1 aliphatic carbocycles. The van der Waals surface area contributed by atoms with Crippen LogP contribution >= 0.6 is 0 Å². The molecule has 0 radical (unpaired) electrons. The second-order valence-corrected chi connectivity index (χ2v) is 5.09. The SMILES string of the molecule is O=C(NC1CC2CCC(C1)N2)C1CC1. The predicted molar refractivity (Wildman–Crippen MR) is 53.8 cm³/mol. The minimum atomic E-state index is 0.316. The van der Waals surface area contributed by atoms with Crippen molar-refractivity contribution in [3.05, 3.63) is 0 Å². The molecule has 3 fully saturated rings. The number of nitrogens with one attached hydrogen (secondary N) is 2. The van der Waals surface area contributed by atoms with Crippen LogP contribution in [0.15, 0.2) is 0 Å². The summed E-state index contributed by atoms with van der Waals surface area (Å²) in [7, 11) is 0. The lowest BCUT2D eigenvalue weighted by Gasteiger charge is -2.29. The summed E-state index contributed by atoms with van der Waals surface area (Å²) in [5, 5.41) is 6.79. The topological polar surface area (TPSA) is 41.1 Å². The van der Waals surface area contributed by atoms with Crippen molar-refractivity contribution in [2.75, 3.05) is 0 Å². The zero-order valence-corrected chi connectivity index (χ0v) is 8.46. The molecule has 1 amide bonds. The monoisotopic (exact) mass is 194 g/mol. The number of piperidine rings is 1. The maximum absolute atomic E-state index is 11.6. The number of amides is 1. The van der Waals surface area contributed by atoms with Crippen LogP contribution in [0.5, 0.6) is 0 Å². The Kier molecular flexibility index (Phi) is 2.01. The van der Waals surface area contributed by atoms with Crippen molar-refractivity contribution in [1.82, 2.24) is 10.6 Å². The van der Waals surface area contributed by atoms with Crippen LogP contribution in [0, 0.1) is 5.92 Å². The zero-order chi connectivity index (χ0) is 9.54. The van der Waals surface area contributed by atoms with Gasteiger partial charge in [-0.25, -0.2) is 0 Å². The Morgan fingerprint density at radius 1 is 1.07 bits per heavy atom. The van der Waals surface area contributed by atoms with Crippen LogP contribution in [-0.2, 0) is 4.79 Å². The molecule has 2 saturated heterocycles. The van der Waals surface area contributed by atoms with Crippen molar-refractivity contribution in [2.45, 2.75) is 56.7 Å². The van der Waals surface area contributed by atoms with Gasteiger partial charge >= 0.3 is 0 Å². The standard InChI is InChI=1S/C11H18N2O/c14-11(7-1-2-7)13-10-5-8-3-4-9(6-10)12-8/h7-10,12H,1-6H2,(H,13,14). The third-order valence-corrected chi connectivity index (χ3v) is 3.77. The highest BCUT2D eigenvalue weighted by molar-refractivity contribution is 5.81. The Morgan fingerprint density at radius 3 is 2.29 bits per heavy atom. The molecule has 2 atom stereocenters. The lowest BCUT2D eigenvalue weighted by atomic mass is 10.00. The smallest absolute Gasteiger partial charge is 0.223 e. The Balaban J connectivity index is 1.55. The van der Waals surface area contributed by atoms with Crippen molar-refractivity contribution >= 4 is 5.91 Å². The summed E-state index contributed by atoms with van der Waals surface area (Å²) in [5.41, 5.74) is 0. The molecule has 2 unspecified atom stereocenters. The average molecular weight is 194 g/mol. The highest BCUT2D eigenvalue weighted by Crippen LogP contribution is 2.31. The molecular weight excluding hydrogens is 176 g/mol. The number of hydrogen-bond donors (Lipinski definition) is 2. The number of rotatable bonds is 2. The van der Waals surface area contributed by atoms with Crippen LogP contribution in [0.25, 0.3) is 0 Å². The van der Waals surface area contributed by atoms with Crippen LogP contribution in [-0.4, -0.2) is 24.0 Å². The van der Waals surface area contributed by atoms with Crippen molar-refractivity contribution < 1.29 is 4.79 Å². The molecular formula is C11H18N2O. The molecule has 3 heteroatoms. The number of carbonyl (C=O) groups is 1.